The first-order chi connectivity index (χ1) is 8.96. The predicted octanol–water partition coefficient (Wildman–Crippen LogP) is 1.65. The van der Waals surface area contributed by atoms with Crippen LogP contribution in [0.15, 0.2) is 24.3 Å². The molecule has 0 bridgehead atoms. The fourth-order valence-electron chi connectivity index (χ4n) is 1.50. The predicted molar refractivity (Wildman–Crippen MR) is 68.6 cm³/mol. The molecule has 0 fully saturated rings. The molecule has 0 aliphatic carbocycles. The van der Waals surface area contributed by atoms with E-state index in [0.717, 1.165) is 0 Å². The van der Waals surface area contributed by atoms with Crippen molar-refractivity contribution in [3.05, 3.63) is 34.9 Å². The fraction of sp³-hybridized carbons (Fsp3) is 0.385. The number of aliphatic hydroxyl groups is 1. The van der Waals surface area contributed by atoms with Crippen molar-refractivity contribution in [3.63, 3.8) is 0 Å². The normalized spacial score (nSPS) is 10.9. The van der Waals surface area contributed by atoms with Gasteiger partial charge in [-0.25, -0.2) is 9.59 Å². The molecular formula is C13H15ClO5. The van der Waals surface area contributed by atoms with Gasteiger partial charge in [0.1, 0.15) is 0 Å². The van der Waals surface area contributed by atoms with Gasteiger partial charge in [-0.05, 0) is 26.0 Å². The molecule has 1 aromatic carbocycles. The molecule has 0 aliphatic rings. The first kappa shape index (κ1) is 15.5. The zero-order valence-electron chi connectivity index (χ0n) is 10.7. The van der Waals surface area contributed by atoms with Crippen LogP contribution in [0.3, 0.4) is 0 Å². The number of ether oxygens (including phenoxy) is 2. The molecule has 104 valence electrons. The molecule has 1 aromatic rings. The monoisotopic (exact) mass is 286 g/mol. The van der Waals surface area contributed by atoms with Crippen LogP contribution in [0.25, 0.3) is 0 Å². The lowest BCUT2D eigenvalue weighted by atomic mass is 9.94. The van der Waals surface area contributed by atoms with Gasteiger partial charge in [0, 0.05) is 10.6 Å². The van der Waals surface area contributed by atoms with E-state index in [1.807, 2.05) is 0 Å². The summed E-state index contributed by atoms with van der Waals surface area (Å²) in [4.78, 5) is 23.8. The number of halogens is 1. The molecule has 0 radical (unpaired) electrons. The van der Waals surface area contributed by atoms with E-state index in [1.54, 1.807) is 19.9 Å². The molecule has 1 rings (SSSR count). The number of hydrogen-bond donors (Lipinski definition) is 1. The van der Waals surface area contributed by atoms with Gasteiger partial charge in [0.2, 0.25) is 0 Å². The maximum atomic E-state index is 11.9. The topological polar surface area (TPSA) is 72.8 Å². The van der Waals surface area contributed by atoms with E-state index in [4.69, 9.17) is 21.1 Å². The summed E-state index contributed by atoms with van der Waals surface area (Å²) in [5, 5.41) is 10.7. The van der Waals surface area contributed by atoms with Gasteiger partial charge in [-0.3, -0.25) is 0 Å². The second-order valence-corrected chi connectivity index (χ2v) is 4.10. The summed E-state index contributed by atoms with van der Waals surface area (Å²) >= 11 is 5.80. The third-order valence-corrected chi connectivity index (χ3v) is 2.62. The van der Waals surface area contributed by atoms with Crippen molar-refractivity contribution in [2.24, 2.45) is 0 Å². The highest BCUT2D eigenvalue weighted by Crippen LogP contribution is 2.27. The molecule has 0 heterocycles. The van der Waals surface area contributed by atoms with E-state index in [2.05, 4.69) is 0 Å². The number of benzene rings is 1. The molecule has 0 saturated heterocycles. The Morgan fingerprint density at radius 3 is 2.16 bits per heavy atom. The second-order valence-electron chi connectivity index (χ2n) is 3.66. The summed E-state index contributed by atoms with van der Waals surface area (Å²) in [6.45, 7) is 3.20. The van der Waals surface area contributed by atoms with Crippen LogP contribution in [-0.2, 0) is 24.7 Å². The molecule has 0 saturated carbocycles. The van der Waals surface area contributed by atoms with Crippen LogP contribution in [0.4, 0.5) is 0 Å². The fourth-order valence-corrected chi connectivity index (χ4v) is 1.69. The molecule has 0 spiro atoms. The number of carbonyl (C=O) groups excluding carboxylic acids is 2. The van der Waals surface area contributed by atoms with Crippen LogP contribution in [0.1, 0.15) is 19.4 Å². The summed E-state index contributed by atoms with van der Waals surface area (Å²) < 4.78 is 9.47. The standard InChI is InChI=1S/C13H15ClO5/c1-3-18-11(15)13(17,12(16)19-4-2)9-6-5-7-10(14)8-9/h5-8,17H,3-4H2,1-2H3. The Morgan fingerprint density at radius 2 is 1.74 bits per heavy atom. The van der Waals surface area contributed by atoms with Crippen molar-refractivity contribution in [1.29, 1.82) is 0 Å². The average Bonchev–Trinajstić information content (AvgIpc) is 2.38. The van der Waals surface area contributed by atoms with E-state index in [9.17, 15) is 14.7 Å². The molecule has 0 amide bonds. The van der Waals surface area contributed by atoms with Crippen LogP contribution in [-0.4, -0.2) is 30.3 Å². The molecule has 0 unspecified atom stereocenters. The van der Waals surface area contributed by atoms with Gasteiger partial charge in [-0.2, -0.15) is 0 Å². The van der Waals surface area contributed by atoms with Crippen molar-refractivity contribution < 1.29 is 24.2 Å². The largest absolute Gasteiger partial charge is 0.463 e. The summed E-state index contributed by atoms with van der Waals surface area (Å²) in [5.74, 6) is -2.17. The van der Waals surface area contributed by atoms with Gasteiger partial charge in [0.05, 0.1) is 13.2 Å². The Balaban J connectivity index is 3.25. The van der Waals surface area contributed by atoms with Crippen LogP contribution in [0.2, 0.25) is 5.02 Å². The second kappa shape index (κ2) is 6.54. The SMILES string of the molecule is CCOC(=O)C(O)(C(=O)OCC)c1cccc(Cl)c1. The maximum absolute atomic E-state index is 11.9. The Hall–Kier alpha value is -1.59. The third-order valence-electron chi connectivity index (χ3n) is 2.38. The zero-order valence-corrected chi connectivity index (χ0v) is 11.4. The van der Waals surface area contributed by atoms with Crippen molar-refractivity contribution in [2.45, 2.75) is 19.4 Å². The first-order valence-corrected chi connectivity index (χ1v) is 6.17. The molecular weight excluding hydrogens is 272 g/mol. The van der Waals surface area contributed by atoms with Gasteiger partial charge in [-0.1, -0.05) is 23.7 Å². The minimum absolute atomic E-state index is 0.0110. The highest BCUT2D eigenvalue weighted by atomic mass is 35.5. The highest BCUT2D eigenvalue weighted by Gasteiger charge is 2.49. The molecule has 19 heavy (non-hydrogen) atoms. The van der Waals surface area contributed by atoms with E-state index in [-0.39, 0.29) is 23.8 Å². The van der Waals surface area contributed by atoms with Crippen molar-refractivity contribution >= 4 is 23.5 Å². The van der Waals surface area contributed by atoms with Crippen LogP contribution in [0, 0.1) is 0 Å². The molecule has 0 aromatic heterocycles. The van der Waals surface area contributed by atoms with E-state index in [0.29, 0.717) is 0 Å². The Kier molecular flexibility index (Phi) is 5.32. The Bertz CT molecular complexity index is 454. The van der Waals surface area contributed by atoms with E-state index < -0.39 is 17.5 Å². The zero-order chi connectivity index (χ0) is 14.5. The maximum Gasteiger partial charge on any atom is 0.354 e. The lowest BCUT2D eigenvalue weighted by Gasteiger charge is -2.24. The minimum atomic E-state index is -2.50. The summed E-state index contributed by atoms with van der Waals surface area (Å²) in [6.07, 6.45) is 0. The smallest absolute Gasteiger partial charge is 0.354 e. The van der Waals surface area contributed by atoms with Crippen LogP contribution >= 0.6 is 11.6 Å². The third kappa shape index (κ3) is 3.24. The molecule has 5 nitrogen and oxygen atoms in total. The number of hydrogen-bond acceptors (Lipinski definition) is 5. The van der Waals surface area contributed by atoms with Crippen molar-refractivity contribution in [1.82, 2.24) is 0 Å². The molecule has 1 N–H and O–H groups in total. The summed E-state index contributed by atoms with van der Waals surface area (Å²) in [7, 11) is 0. The van der Waals surface area contributed by atoms with Gasteiger partial charge >= 0.3 is 11.9 Å². The lowest BCUT2D eigenvalue weighted by molar-refractivity contribution is -0.184. The summed E-state index contributed by atoms with van der Waals surface area (Å²) in [5.41, 5.74) is -2.49. The van der Waals surface area contributed by atoms with Crippen molar-refractivity contribution in [3.8, 4) is 0 Å². The van der Waals surface area contributed by atoms with Gasteiger partial charge in [0.25, 0.3) is 5.60 Å². The quantitative estimate of drug-likeness (QED) is 0.658. The Morgan fingerprint density at radius 1 is 1.21 bits per heavy atom. The first-order valence-electron chi connectivity index (χ1n) is 5.79. The van der Waals surface area contributed by atoms with Gasteiger partial charge in [-0.15, -0.1) is 0 Å². The van der Waals surface area contributed by atoms with Crippen LogP contribution in [0.5, 0.6) is 0 Å². The average molecular weight is 287 g/mol. The van der Waals surface area contributed by atoms with Gasteiger partial charge < -0.3 is 14.6 Å². The highest BCUT2D eigenvalue weighted by molar-refractivity contribution is 6.30. The lowest BCUT2D eigenvalue weighted by Crippen LogP contribution is -2.46. The molecule has 6 heteroatoms. The van der Waals surface area contributed by atoms with E-state index in [1.165, 1.54) is 18.2 Å². The van der Waals surface area contributed by atoms with E-state index >= 15 is 0 Å². The van der Waals surface area contributed by atoms with Crippen molar-refractivity contribution in [2.75, 3.05) is 13.2 Å². The molecule has 0 atom stereocenters. The number of rotatable bonds is 5. The van der Waals surface area contributed by atoms with Crippen LogP contribution < -0.4 is 0 Å². The molecule has 0 aliphatic heterocycles. The number of esters is 2. The summed E-state index contributed by atoms with van der Waals surface area (Å²) in [6, 6.07) is 5.79. The number of carbonyl (C=O) groups is 2. The minimum Gasteiger partial charge on any atom is -0.463 e. The Labute approximate surface area is 116 Å². The van der Waals surface area contributed by atoms with Gasteiger partial charge in [0.15, 0.2) is 0 Å².